The van der Waals surface area contributed by atoms with Gasteiger partial charge in [0.05, 0.1) is 14.2 Å². The molecule has 0 aromatic heterocycles. The quantitative estimate of drug-likeness (QED) is 0.433. The van der Waals surface area contributed by atoms with E-state index in [1.54, 1.807) is 56.7 Å². The summed E-state index contributed by atoms with van der Waals surface area (Å²) in [7, 11) is 3.17. The van der Waals surface area contributed by atoms with Crippen LogP contribution in [0.5, 0.6) is 11.5 Å². The van der Waals surface area contributed by atoms with E-state index in [0.717, 1.165) is 45.2 Å². The van der Waals surface area contributed by atoms with Crippen LogP contribution in [0.3, 0.4) is 0 Å². The fourth-order valence-electron chi connectivity index (χ4n) is 6.93. The molecule has 0 radical (unpaired) electrons. The van der Waals surface area contributed by atoms with Crippen LogP contribution in [-0.4, -0.2) is 67.0 Å². The van der Waals surface area contributed by atoms with Gasteiger partial charge in [0.25, 0.3) is 5.91 Å². The average molecular weight is 554 g/mol. The lowest BCUT2D eigenvalue weighted by molar-refractivity contribution is -0.127. The molecule has 0 unspecified atom stereocenters. The summed E-state index contributed by atoms with van der Waals surface area (Å²) in [6.45, 7) is 2.85. The number of hydrogen-bond acceptors (Lipinski definition) is 5. The topological polar surface area (TPSA) is 71.1 Å². The first-order valence-corrected chi connectivity index (χ1v) is 14.7. The number of benzene rings is 2. The summed E-state index contributed by atoms with van der Waals surface area (Å²) < 4.78 is 10.8. The van der Waals surface area contributed by atoms with Crippen molar-refractivity contribution >= 4 is 29.1 Å². The summed E-state index contributed by atoms with van der Waals surface area (Å²) in [4.78, 5) is 33.1. The van der Waals surface area contributed by atoms with Crippen LogP contribution in [0, 0.1) is 5.92 Å². The molecule has 7 nitrogen and oxygen atoms in total. The first kappa shape index (κ1) is 27.8. The highest BCUT2D eigenvalue weighted by atomic mass is 35.5. The Morgan fingerprint density at radius 1 is 0.949 bits per heavy atom. The Bertz CT molecular complexity index is 1140. The van der Waals surface area contributed by atoms with E-state index < -0.39 is 5.54 Å². The number of anilines is 1. The second-order valence-electron chi connectivity index (χ2n) is 11.2. The molecule has 0 spiro atoms. The monoisotopic (exact) mass is 553 g/mol. The molecule has 210 valence electrons. The van der Waals surface area contributed by atoms with E-state index in [4.69, 9.17) is 21.1 Å². The van der Waals surface area contributed by atoms with Crippen molar-refractivity contribution in [1.82, 2.24) is 9.80 Å². The molecule has 1 aliphatic carbocycles. The third-order valence-electron chi connectivity index (χ3n) is 8.96. The highest BCUT2D eigenvalue weighted by Crippen LogP contribution is 2.41. The Morgan fingerprint density at radius 3 is 2.28 bits per heavy atom. The lowest BCUT2D eigenvalue weighted by Crippen LogP contribution is -2.61. The molecule has 2 heterocycles. The molecular formula is C31H40ClN3O4. The molecule has 8 heteroatoms. The van der Waals surface area contributed by atoms with Crippen molar-refractivity contribution in [2.24, 2.45) is 5.92 Å². The van der Waals surface area contributed by atoms with E-state index >= 15 is 0 Å². The minimum atomic E-state index is -0.927. The van der Waals surface area contributed by atoms with Gasteiger partial charge in [-0.15, -0.1) is 0 Å². The van der Waals surface area contributed by atoms with Crippen LogP contribution in [-0.2, 0) is 4.79 Å². The Labute approximate surface area is 236 Å². The third kappa shape index (κ3) is 5.90. The zero-order valence-corrected chi connectivity index (χ0v) is 23.8. The largest absolute Gasteiger partial charge is 0.497 e. The SMILES string of the molecule is COc1cc(NC(=O)C2(N(C[C@@H]3CCCN4CCCC[C@@H]34)C(=O)c3ccc(Cl)cc3)CCCC2)cc(OC)c1. The van der Waals surface area contributed by atoms with Crippen LogP contribution in [0.2, 0.25) is 5.02 Å². The minimum absolute atomic E-state index is 0.0973. The van der Waals surface area contributed by atoms with Crippen LogP contribution in [0.15, 0.2) is 42.5 Å². The highest BCUT2D eigenvalue weighted by molar-refractivity contribution is 6.30. The van der Waals surface area contributed by atoms with Crippen molar-refractivity contribution in [3.05, 3.63) is 53.1 Å². The first-order valence-electron chi connectivity index (χ1n) is 14.3. The molecule has 2 atom stereocenters. The molecule has 5 rings (SSSR count). The maximum absolute atomic E-state index is 14.3. The second-order valence-corrected chi connectivity index (χ2v) is 11.7. The number of methoxy groups -OCH3 is 2. The van der Waals surface area contributed by atoms with Crippen molar-refractivity contribution in [3.63, 3.8) is 0 Å². The highest BCUT2D eigenvalue weighted by Gasteiger charge is 2.50. The normalized spacial score (nSPS) is 22.5. The maximum Gasteiger partial charge on any atom is 0.254 e. The smallest absolute Gasteiger partial charge is 0.254 e. The molecule has 0 bridgehead atoms. The molecule has 2 aromatic carbocycles. The molecule has 1 saturated carbocycles. The van der Waals surface area contributed by atoms with Crippen molar-refractivity contribution < 1.29 is 19.1 Å². The number of carbonyl (C=O) groups is 2. The van der Waals surface area contributed by atoms with Gasteiger partial charge >= 0.3 is 0 Å². The zero-order valence-electron chi connectivity index (χ0n) is 23.1. The minimum Gasteiger partial charge on any atom is -0.497 e. The summed E-state index contributed by atoms with van der Waals surface area (Å²) in [5.41, 5.74) is 0.236. The number of hydrogen-bond donors (Lipinski definition) is 1. The molecule has 3 aliphatic rings. The van der Waals surface area contributed by atoms with Gasteiger partial charge in [-0.25, -0.2) is 0 Å². The summed E-state index contributed by atoms with van der Waals surface area (Å²) >= 11 is 6.16. The molecule has 39 heavy (non-hydrogen) atoms. The number of nitrogens with zero attached hydrogens (tertiary/aromatic N) is 2. The predicted molar refractivity (Wildman–Crippen MR) is 154 cm³/mol. The number of nitrogens with one attached hydrogen (secondary N) is 1. The number of amides is 2. The van der Waals surface area contributed by atoms with E-state index in [2.05, 4.69) is 10.2 Å². The van der Waals surface area contributed by atoms with Gasteiger partial charge in [-0.2, -0.15) is 0 Å². The van der Waals surface area contributed by atoms with Crippen LogP contribution >= 0.6 is 11.6 Å². The van der Waals surface area contributed by atoms with Crippen molar-refractivity contribution in [1.29, 1.82) is 0 Å². The lowest BCUT2D eigenvalue weighted by Gasteiger charge is -2.48. The van der Waals surface area contributed by atoms with E-state index in [1.807, 2.05) is 4.90 Å². The van der Waals surface area contributed by atoms with Gasteiger partial charge in [0.15, 0.2) is 0 Å². The van der Waals surface area contributed by atoms with Gasteiger partial charge in [0, 0.05) is 47.1 Å². The van der Waals surface area contributed by atoms with Gasteiger partial charge < -0.3 is 24.6 Å². The Balaban J connectivity index is 1.49. The van der Waals surface area contributed by atoms with Crippen molar-refractivity contribution in [2.45, 2.75) is 69.4 Å². The van der Waals surface area contributed by atoms with Gasteiger partial charge in [0.2, 0.25) is 5.91 Å². The molecule has 2 amide bonds. The van der Waals surface area contributed by atoms with E-state index in [1.165, 1.54) is 12.8 Å². The van der Waals surface area contributed by atoms with Crippen molar-refractivity contribution in [3.8, 4) is 11.5 Å². The third-order valence-corrected chi connectivity index (χ3v) is 9.21. The zero-order chi connectivity index (χ0) is 27.4. The molecule has 3 fully saturated rings. The van der Waals surface area contributed by atoms with Gasteiger partial charge in [0.1, 0.15) is 17.0 Å². The predicted octanol–water partition coefficient (Wildman–Crippen LogP) is 6.02. The van der Waals surface area contributed by atoms with Gasteiger partial charge in [-0.1, -0.05) is 30.9 Å². The maximum atomic E-state index is 14.3. The van der Waals surface area contributed by atoms with Crippen LogP contribution in [0.1, 0.15) is 68.1 Å². The van der Waals surface area contributed by atoms with Crippen LogP contribution in [0.4, 0.5) is 5.69 Å². The summed E-state index contributed by atoms with van der Waals surface area (Å²) in [5, 5.41) is 3.73. The second kappa shape index (κ2) is 12.2. The standard InChI is InChI=1S/C31H40ClN3O4/c1-38-26-18-25(19-27(20-26)39-2)33-30(37)31(14-4-5-15-31)35(29(36)22-10-12-24(32)13-11-22)21-23-8-7-17-34-16-6-3-9-28(23)34/h10-13,18-20,23,28H,3-9,14-17,21H2,1-2H3,(H,33,37)/t23-,28-/m0/s1. The Hall–Kier alpha value is -2.77. The number of piperidine rings is 2. The molecular weight excluding hydrogens is 514 g/mol. The molecule has 2 aliphatic heterocycles. The number of fused-ring (bicyclic) bond motifs is 1. The average Bonchev–Trinajstić information content (AvgIpc) is 3.47. The fourth-order valence-corrected chi connectivity index (χ4v) is 7.06. The fraction of sp³-hybridized carbons (Fsp3) is 0.548. The van der Waals surface area contributed by atoms with E-state index in [9.17, 15) is 9.59 Å². The van der Waals surface area contributed by atoms with Gasteiger partial charge in [-0.05, 0) is 81.8 Å². The first-order chi connectivity index (χ1) is 18.9. The lowest BCUT2D eigenvalue weighted by atomic mass is 9.81. The van der Waals surface area contributed by atoms with E-state index in [0.29, 0.717) is 59.1 Å². The van der Waals surface area contributed by atoms with Crippen molar-refractivity contribution in [2.75, 3.05) is 39.2 Å². The van der Waals surface area contributed by atoms with E-state index in [-0.39, 0.29) is 11.8 Å². The number of carbonyl (C=O) groups excluding carboxylic acids is 2. The van der Waals surface area contributed by atoms with Crippen LogP contribution in [0.25, 0.3) is 0 Å². The number of rotatable bonds is 8. The molecule has 1 N–H and O–H groups in total. The number of ether oxygens (including phenoxy) is 2. The number of halogens is 1. The van der Waals surface area contributed by atoms with Crippen LogP contribution < -0.4 is 14.8 Å². The molecule has 2 aromatic rings. The molecule has 2 saturated heterocycles. The summed E-state index contributed by atoms with van der Waals surface area (Å²) in [6.07, 6.45) is 8.93. The Morgan fingerprint density at radius 2 is 1.62 bits per heavy atom. The summed E-state index contributed by atoms with van der Waals surface area (Å²) in [5.74, 6) is 1.30. The summed E-state index contributed by atoms with van der Waals surface area (Å²) in [6, 6.07) is 12.9. The van der Waals surface area contributed by atoms with Gasteiger partial charge in [-0.3, -0.25) is 9.59 Å². The Kier molecular flexibility index (Phi) is 8.67.